The SMILES string of the molecule is O=[N+]([O-])c1ccc(S(=O)(=O)N2CCCCC(O)C2)cc1. The summed E-state index contributed by atoms with van der Waals surface area (Å²) in [6, 6.07) is 4.79. The maximum absolute atomic E-state index is 12.4. The number of nitrogens with zero attached hydrogens (tertiary/aromatic N) is 2. The Balaban J connectivity index is 2.26. The minimum atomic E-state index is -3.71. The van der Waals surface area contributed by atoms with E-state index in [-0.39, 0.29) is 17.1 Å². The Kier molecular flexibility index (Phi) is 4.36. The van der Waals surface area contributed by atoms with E-state index in [0.29, 0.717) is 19.4 Å². The number of aliphatic hydroxyl groups excluding tert-OH is 1. The van der Waals surface area contributed by atoms with Crippen molar-refractivity contribution < 1.29 is 18.4 Å². The molecule has 1 aromatic carbocycles. The van der Waals surface area contributed by atoms with Gasteiger partial charge in [0.2, 0.25) is 10.0 Å². The normalized spacial score (nSPS) is 21.4. The lowest BCUT2D eigenvalue weighted by Crippen LogP contribution is -2.36. The fourth-order valence-corrected chi connectivity index (χ4v) is 3.71. The minimum Gasteiger partial charge on any atom is -0.392 e. The fraction of sp³-hybridized carbons (Fsp3) is 0.500. The summed E-state index contributed by atoms with van der Waals surface area (Å²) < 4.78 is 26.1. The van der Waals surface area contributed by atoms with Crippen molar-refractivity contribution >= 4 is 15.7 Å². The predicted octanol–water partition coefficient (Wildman–Crippen LogP) is 1.13. The van der Waals surface area contributed by atoms with Crippen LogP contribution in [0.15, 0.2) is 29.2 Å². The zero-order valence-corrected chi connectivity index (χ0v) is 11.6. The first-order valence-corrected chi connectivity index (χ1v) is 7.78. The summed E-state index contributed by atoms with van der Waals surface area (Å²) in [4.78, 5) is 10.00. The van der Waals surface area contributed by atoms with Gasteiger partial charge in [-0.2, -0.15) is 4.31 Å². The van der Waals surface area contributed by atoms with E-state index in [1.54, 1.807) is 0 Å². The molecule has 1 aliphatic rings. The number of hydrogen-bond donors (Lipinski definition) is 1. The number of hydrogen-bond acceptors (Lipinski definition) is 5. The Morgan fingerprint density at radius 3 is 2.50 bits per heavy atom. The second-order valence-electron chi connectivity index (χ2n) is 4.76. The van der Waals surface area contributed by atoms with Crippen LogP contribution in [0.1, 0.15) is 19.3 Å². The van der Waals surface area contributed by atoms with Gasteiger partial charge in [0.15, 0.2) is 0 Å². The van der Waals surface area contributed by atoms with Crippen LogP contribution in [-0.2, 0) is 10.0 Å². The summed E-state index contributed by atoms with van der Waals surface area (Å²) in [5.41, 5.74) is -0.153. The molecule has 1 N–H and O–H groups in total. The number of β-amino-alcohol motifs (C(OH)–C–C–N with tert-alkyl or cyclic N) is 1. The first kappa shape index (κ1) is 14.9. The predicted molar refractivity (Wildman–Crippen MR) is 71.7 cm³/mol. The molecule has 110 valence electrons. The van der Waals surface area contributed by atoms with Gasteiger partial charge in [-0.05, 0) is 31.4 Å². The monoisotopic (exact) mass is 300 g/mol. The average Bonchev–Trinajstić information content (AvgIpc) is 2.64. The molecule has 0 bridgehead atoms. The van der Waals surface area contributed by atoms with Gasteiger partial charge in [0, 0.05) is 25.2 Å². The number of aliphatic hydroxyl groups is 1. The lowest BCUT2D eigenvalue weighted by Gasteiger charge is -2.21. The van der Waals surface area contributed by atoms with Crippen molar-refractivity contribution in [1.82, 2.24) is 4.31 Å². The van der Waals surface area contributed by atoms with Crippen molar-refractivity contribution in [3.8, 4) is 0 Å². The third-order valence-corrected chi connectivity index (χ3v) is 5.17. The van der Waals surface area contributed by atoms with Gasteiger partial charge in [0.1, 0.15) is 0 Å². The van der Waals surface area contributed by atoms with Crippen molar-refractivity contribution in [2.24, 2.45) is 0 Å². The number of non-ortho nitro benzene ring substituents is 1. The Morgan fingerprint density at radius 1 is 1.25 bits per heavy atom. The van der Waals surface area contributed by atoms with Gasteiger partial charge in [-0.3, -0.25) is 10.1 Å². The Bertz CT molecular complexity index is 584. The molecule has 1 atom stereocenters. The minimum absolute atomic E-state index is 0.0113. The van der Waals surface area contributed by atoms with Crippen LogP contribution in [0.2, 0.25) is 0 Å². The zero-order chi connectivity index (χ0) is 14.8. The molecule has 0 amide bonds. The molecule has 0 spiro atoms. The molecule has 0 aliphatic carbocycles. The maximum Gasteiger partial charge on any atom is 0.269 e. The summed E-state index contributed by atoms with van der Waals surface area (Å²) in [5.74, 6) is 0. The van der Waals surface area contributed by atoms with E-state index in [0.717, 1.165) is 6.42 Å². The summed E-state index contributed by atoms with van der Waals surface area (Å²) in [6.45, 7) is 0.426. The van der Waals surface area contributed by atoms with Gasteiger partial charge in [0.05, 0.1) is 15.9 Å². The molecule has 7 nitrogen and oxygen atoms in total. The van der Waals surface area contributed by atoms with Gasteiger partial charge in [-0.25, -0.2) is 8.42 Å². The van der Waals surface area contributed by atoms with E-state index in [9.17, 15) is 23.6 Å². The Morgan fingerprint density at radius 2 is 1.90 bits per heavy atom. The van der Waals surface area contributed by atoms with Crippen LogP contribution in [0.4, 0.5) is 5.69 Å². The van der Waals surface area contributed by atoms with Crippen molar-refractivity contribution in [2.75, 3.05) is 13.1 Å². The van der Waals surface area contributed by atoms with Gasteiger partial charge < -0.3 is 5.11 Å². The van der Waals surface area contributed by atoms with Crippen LogP contribution in [0, 0.1) is 10.1 Å². The summed E-state index contributed by atoms with van der Waals surface area (Å²) in [5, 5.41) is 20.3. The van der Waals surface area contributed by atoms with Gasteiger partial charge in [-0.1, -0.05) is 0 Å². The highest BCUT2D eigenvalue weighted by Gasteiger charge is 2.28. The quantitative estimate of drug-likeness (QED) is 0.666. The van der Waals surface area contributed by atoms with Crippen molar-refractivity contribution in [3.63, 3.8) is 0 Å². The van der Waals surface area contributed by atoms with E-state index >= 15 is 0 Å². The van der Waals surface area contributed by atoms with Gasteiger partial charge in [-0.15, -0.1) is 0 Å². The highest BCUT2D eigenvalue weighted by Crippen LogP contribution is 2.22. The average molecular weight is 300 g/mol. The smallest absolute Gasteiger partial charge is 0.269 e. The van der Waals surface area contributed by atoms with E-state index < -0.39 is 21.1 Å². The van der Waals surface area contributed by atoms with Crippen LogP contribution in [0.5, 0.6) is 0 Å². The fourth-order valence-electron chi connectivity index (χ4n) is 2.19. The molecular formula is C12H16N2O5S. The molecule has 1 heterocycles. The van der Waals surface area contributed by atoms with Crippen LogP contribution >= 0.6 is 0 Å². The van der Waals surface area contributed by atoms with Crippen molar-refractivity contribution in [2.45, 2.75) is 30.3 Å². The molecule has 1 fully saturated rings. The molecule has 8 heteroatoms. The Hall–Kier alpha value is -1.51. The number of sulfonamides is 1. The second kappa shape index (κ2) is 5.86. The molecule has 20 heavy (non-hydrogen) atoms. The Labute approximate surface area is 117 Å². The molecule has 1 aromatic rings. The number of nitro groups is 1. The number of rotatable bonds is 3. The lowest BCUT2D eigenvalue weighted by atomic mass is 10.2. The molecule has 1 aliphatic heterocycles. The highest BCUT2D eigenvalue weighted by atomic mass is 32.2. The molecule has 1 saturated heterocycles. The van der Waals surface area contributed by atoms with Crippen LogP contribution < -0.4 is 0 Å². The van der Waals surface area contributed by atoms with Crippen LogP contribution in [0.3, 0.4) is 0 Å². The lowest BCUT2D eigenvalue weighted by molar-refractivity contribution is -0.384. The third kappa shape index (κ3) is 3.14. The van der Waals surface area contributed by atoms with E-state index in [4.69, 9.17) is 0 Å². The molecule has 0 radical (unpaired) electrons. The summed E-state index contributed by atoms with van der Waals surface area (Å²) in [7, 11) is -3.71. The van der Waals surface area contributed by atoms with E-state index in [1.807, 2.05) is 0 Å². The molecule has 0 saturated carbocycles. The molecule has 0 aromatic heterocycles. The first-order valence-electron chi connectivity index (χ1n) is 6.34. The van der Waals surface area contributed by atoms with E-state index in [2.05, 4.69) is 0 Å². The topological polar surface area (TPSA) is 101 Å². The number of benzene rings is 1. The largest absolute Gasteiger partial charge is 0.392 e. The highest BCUT2D eigenvalue weighted by molar-refractivity contribution is 7.89. The summed E-state index contributed by atoms with van der Waals surface area (Å²) in [6.07, 6.45) is 1.41. The van der Waals surface area contributed by atoms with E-state index in [1.165, 1.54) is 28.6 Å². The van der Waals surface area contributed by atoms with Crippen molar-refractivity contribution in [1.29, 1.82) is 0 Å². The first-order chi connectivity index (χ1) is 9.41. The van der Waals surface area contributed by atoms with Gasteiger partial charge >= 0.3 is 0 Å². The second-order valence-corrected chi connectivity index (χ2v) is 6.70. The van der Waals surface area contributed by atoms with Crippen LogP contribution in [-0.4, -0.2) is 41.9 Å². The van der Waals surface area contributed by atoms with Crippen LogP contribution in [0.25, 0.3) is 0 Å². The zero-order valence-electron chi connectivity index (χ0n) is 10.8. The van der Waals surface area contributed by atoms with Crippen molar-refractivity contribution in [3.05, 3.63) is 34.4 Å². The standard InChI is InChI=1S/C12H16N2O5S/c15-11-3-1-2-8-13(9-11)20(18,19)12-6-4-10(5-7-12)14(16)17/h4-7,11,15H,1-3,8-9H2. The number of nitro benzene ring substituents is 1. The summed E-state index contributed by atoms with van der Waals surface area (Å²) >= 11 is 0. The molecule has 1 unspecified atom stereocenters. The molecule has 2 rings (SSSR count). The molecular weight excluding hydrogens is 284 g/mol. The maximum atomic E-state index is 12.4. The van der Waals surface area contributed by atoms with Gasteiger partial charge in [0.25, 0.3) is 5.69 Å². The third-order valence-electron chi connectivity index (χ3n) is 3.29.